The highest BCUT2D eigenvalue weighted by Gasteiger charge is 2.47. The normalized spacial score (nSPS) is 13.3. The Morgan fingerprint density at radius 2 is 0.646 bits per heavy atom. The molecule has 0 N–H and O–H groups in total. The highest BCUT2D eigenvalue weighted by Crippen LogP contribution is 2.54. The highest BCUT2D eigenvalue weighted by molar-refractivity contribution is 7.40. The number of aryl methyl sites for hydroxylation is 2. The van der Waals surface area contributed by atoms with Crippen LogP contribution in [0, 0.1) is 13.8 Å². The predicted molar refractivity (Wildman–Crippen MR) is 286 cm³/mol. The van der Waals surface area contributed by atoms with Gasteiger partial charge < -0.3 is 9.80 Å². The molecule has 0 radical (unpaired) electrons. The van der Waals surface area contributed by atoms with Gasteiger partial charge in [-0.1, -0.05) is 151 Å². The summed E-state index contributed by atoms with van der Waals surface area (Å²) >= 11 is 3.97. The molecule has 65 heavy (non-hydrogen) atoms. The van der Waals surface area contributed by atoms with Crippen molar-refractivity contribution in [1.29, 1.82) is 0 Å². The van der Waals surface area contributed by atoms with Crippen molar-refractivity contribution >= 4 is 163 Å². The van der Waals surface area contributed by atoms with Gasteiger partial charge in [0.05, 0.1) is 22.7 Å². The van der Waals surface area contributed by atoms with Crippen LogP contribution in [-0.4, -0.2) is 6.71 Å². The third-order valence-electron chi connectivity index (χ3n) is 14.5. The molecule has 2 aliphatic heterocycles. The van der Waals surface area contributed by atoms with Crippen molar-refractivity contribution < 1.29 is 0 Å². The summed E-state index contributed by atoms with van der Waals surface area (Å²) in [4.78, 5) is 5.33. The molecular formula is C60H37BN2S2. The molecular weight excluding hydrogens is 824 g/mol. The molecule has 0 saturated heterocycles. The summed E-state index contributed by atoms with van der Waals surface area (Å²) in [7, 11) is 0. The summed E-state index contributed by atoms with van der Waals surface area (Å²) in [6.07, 6.45) is 0. The van der Waals surface area contributed by atoms with Gasteiger partial charge >= 0.3 is 0 Å². The van der Waals surface area contributed by atoms with E-state index in [-0.39, 0.29) is 6.71 Å². The Kier molecular flexibility index (Phi) is 7.23. The summed E-state index contributed by atoms with van der Waals surface area (Å²) in [5.74, 6) is 0. The smallest absolute Gasteiger partial charge is 0.277 e. The van der Waals surface area contributed by atoms with Crippen LogP contribution in [0.25, 0.3) is 84.8 Å². The minimum Gasteiger partial charge on any atom is -0.309 e. The molecule has 0 bridgehead atoms. The van der Waals surface area contributed by atoms with Crippen molar-refractivity contribution in [3.05, 3.63) is 199 Å². The molecule has 0 amide bonds. The van der Waals surface area contributed by atoms with Crippen LogP contribution in [0.2, 0.25) is 0 Å². The lowest BCUT2D eigenvalue weighted by Crippen LogP contribution is -2.59. The summed E-state index contributed by atoms with van der Waals surface area (Å²) in [6.45, 7) is 4.53. The fourth-order valence-electron chi connectivity index (χ4n) is 11.9. The standard InChI is InChI=1S/C60H37BN2S2/c1-34-28-30-52-46(32-34)57-59(64-52)61-56-50(62(57)48-24-11-22-44-40-16-5-3-14-36(40)38-18-7-9-20-42(38)54(44)48)26-13-27-51(56)63(58-47-33-35(2)29-31-53(47)65-60(58)61)49-25-12-23-45-41-17-6-4-15-37(41)39-19-8-10-21-43(39)55(45)49/h3-33H,1-2H3. The maximum atomic E-state index is 2.67. The monoisotopic (exact) mass is 860 g/mol. The van der Waals surface area contributed by atoms with Crippen LogP contribution < -0.4 is 24.8 Å². The number of anilines is 6. The van der Waals surface area contributed by atoms with E-state index in [0.717, 1.165) is 0 Å². The van der Waals surface area contributed by atoms with E-state index in [4.69, 9.17) is 0 Å². The van der Waals surface area contributed by atoms with E-state index in [1.54, 1.807) is 0 Å². The first kappa shape index (κ1) is 36.0. The number of nitrogens with zero attached hydrogens (tertiary/aromatic N) is 2. The zero-order valence-corrected chi connectivity index (χ0v) is 37.3. The maximum Gasteiger partial charge on any atom is 0.277 e. The summed E-state index contributed by atoms with van der Waals surface area (Å²) in [5.41, 5.74) is 11.4. The van der Waals surface area contributed by atoms with Gasteiger partial charge in [-0.3, -0.25) is 0 Å². The third kappa shape index (κ3) is 4.74. The number of thiophene rings is 2. The van der Waals surface area contributed by atoms with Crippen LogP contribution in [0.3, 0.4) is 0 Å². The average Bonchev–Trinajstić information content (AvgIpc) is 3.92. The number of hydrogen-bond donors (Lipinski definition) is 0. The van der Waals surface area contributed by atoms with Crippen LogP contribution in [0.5, 0.6) is 0 Å². The van der Waals surface area contributed by atoms with Gasteiger partial charge in [-0.05, 0) is 122 Å². The first-order valence-electron chi connectivity index (χ1n) is 22.5. The van der Waals surface area contributed by atoms with Crippen LogP contribution in [0.4, 0.5) is 34.1 Å². The SMILES string of the molecule is Cc1ccc2sc3c(c2c1)N(c1cccc2c4ccccc4c4ccccc4c12)c1cccc2c1B3c1sc3ccc(C)cc3c1N2c1cccc2c3ccccc3c3ccccc3c12. The Labute approximate surface area is 383 Å². The van der Waals surface area contributed by atoms with Crippen molar-refractivity contribution in [2.75, 3.05) is 9.80 Å². The second kappa shape index (κ2) is 13.1. The van der Waals surface area contributed by atoms with Crippen molar-refractivity contribution in [2.24, 2.45) is 0 Å². The van der Waals surface area contributed by atoms with Gasteiger partial charge in [0.15, 0.2) is 0 Å². The van der Waals surface area contributed by atoms with Gasteiger partial charge in [0.2, 0.25) is 0 Å². The molecule has 0 aliphatic carbocycles. The molecule has 5 heteroatoms. The van der Waals surface area contributed by atoms with Gasteiger partial charge in [0, 0.05) is 51.9 Å². The second-order valence-electron chi connectivity index (χ2n) is 18.0. The molecule has 0 unspecified atom stereocenters. The molecule has 2 nitrogen and oxygen atoms in total. The van der Waals surface area contributed by atoms with E-state index in [1.807, 2.05) is 22.7 Å². The Balaban J connectivity index is 1.12. The van der Waals surface area contributed by atoms with Crippen molar-refractivity contribution in [2.45, 2.75) is 13.8 Å². The summed E-state index contributed by atoms with van der Waals surface area (Å²) < 4.78 is 5.46. The lowest BCUT2D eigenvalue weighted by atomic mass is 9.39. The van der Waals surface area contributed by atoms with Crippen molar-refractivity contribution in [3.63, 3.8) is 0 Å². The van der Waals surface area contributed by atoms with Crippen LogP contribution in [-0.2, 0) is 0 Å². The molecule has 0 spiro atoms. The Morgan fingerprint density at radius 1 is 0.323 bits per heavy atom. The molecule has 4 heterocycles. The van der Waals surface area contributed by atoms with E-state index in [1.165, 1.54) is 145 Å². The fourth-order valence-corrected chi connectivity index (χ4v) is 14.5. The zero-order chi connectivity index (χ0) is 42.7. The van der Waals surface area contributed by atoms with E-state index in [2.05, 4.69) is 212 Å². The number of fused-ring (bicyclic) bond motifs is 20. The first-order chi connectivity index (χ1) is 32.1. The van der Waals surface area contributed by atoms with Crippen molar-refractivity contribution in [3.8, 4) is 0 Å². The van der Waals surface area contributed by atoms with E-state index in [9.17, 15) is 0 Å². The minimum absolute atomic E-state index is 0.0502. The minimum atomic E-state index is 0.0502. The fraction of sp³-hybridized carbons (Fsp3) is 0.0333. The topological polar surface area (TPSA) is 6.48 Å². The van der Waals surface area contributed by atoms with E-state index in [0.29, 0.717) is 0 Å². The Hall–Kier alpha value is -7.44. The highest BCUT2D eigenvalue weighted by atomic mass is 32.1. The van der Waals surface area contributed by atoms with Crippen LogP contribution in [0.15, 0.2) is 188 Å². The Bertz CT molecular complexity index is 3900. The molecule has 13 aromatic rings. The zero-order valence-electron chi connectivity index (χ0n) is 35.7. The predicted octanol–water partition coefficient (Wildman–Crippen LogP) is 15.7. The Morgan fingerprint density at radius 3 is 1.05 bits per heavy atom. The number of benzene rings is 11. The first-order valence-corrected chi connectivity index (χ1v) is 24.2. The second-order valence-corrected chi connectivity index (χ2v) is 20.2. The molecule has 0 atom stereocenters. The average molecular weight is 861 g/mol. The molecule has 11 aromatic carbocycles. The van der Waals surface area contributed by atoms with Gasteiger partial charge in [-0.15, -0.1) is 22.7 Å². The van der Waals surface area contributed by atoms with E-state index < -0.39 is 0 Å². The quantitative estimate of drug-likeness (QED) is 0.126. The molecule has 302 valence electrons. The van der Waals surface area contributed by atoms with Crippen LogP contribution >= 0.6 is 22.7 Å². The largest absolute Gasteiger partial charge is 0.309 e. The van der Waals surface area contributed by atoms with Gasteiger partial charge in [0.1, 0.15) is 0 Å². The van der Waals surface area contributed by atoms with Gasteiger partial charge in [0.25, 0.3) is 6.71 Å². The molecule has 0 saturated carbocycles. The van der Waals surface area contributed by atoms with Gasteiger partial charge in [-0.25, -0.2) is 0 Å². The third-order valence-corrected chi connectivity index (χ3v) is 16.9. The number of hydrogen-bond acceptors (Lipinski definition) is 4. The molecule has 0 fully saturated rings. The lowest BCUT2D eigenvalue weighted by Gasteiger charge is -2.42. The van der Waals surface area contributed by atoms with Crippen LogP contribution in [0.1, 0.15) is 11.1 Å². The lowest BCUT2D eigenvalue weighted by molar-refractivity contribution is 1.29. The van der Waals surface area contributed by atoms with E-state index >= 15 is 0 Å². The summed E-state index contributed by atoms with van der Waals surface area (Å²) in [5, 5.41) is 18.0. The molecule has 2 aliphatic rings. The number of rotatable bonds is 2. The van der Waals surface area contributed by atoms with Crippen molar-refractivity contribution in [1.82, 2.24) is 0 Å². The molecule has 2 aromatic heterocycles. The molecule has 15 rings (SSSR count). The maximum absolute atomic E-state index is 2.67. The summed E-state index contributed by atoms with van der Waals surface area (Å²) in [6, 6.07) is 71.2. The van der Waals surface area contributed by atoms with Gasteiger partial charge in [-0.2, -0.15) is 0 Å².